The molecule has 2 heterocycles. The number of nitrogens with zero attached hydrogens (tertiary/aromatic N) is 3. The Bertz CT molecular complexity index is 740. The molecule has 2 aliphatic rings. The van der Waals surface area contributed by atoms with Gasteiger partial charge in [-0.1, -0.05) is 19.3 Å². The summed E-state index contributed by atoms with van der Waals surface area (Å²) in [5.41, 5.74) is 1.50. The number of fused-ring (bicyclic) bond motifs is 1. The molecule has 1 amide bonds. The van der Waals surface area contributed by atoms with Gasteiger partial charge in [-0.25, -0.2) is 8.42 Å². The molecule has 0 radical (unpaired) electrons. The maximum atomic E-state index is 12.2. The van der Waals surface area contributed by atoms with Gasteiger partial charge in [0.1, 0.15) is 6.10 Å². The van der Waals surface area contributed by atoms with Gasteiger partial charge in [-0.15, -0.1) is 0 Å². The lowest BCUT2D eigenvalue weighted by atomic mass is 9.85. The van der Waals surface area contributed by atoms with E-state index in [4.69, 9.17) is 0 Å². The molecular weight excluding hydrogens is 356 g/mol. The van der Waals surface area contributed by atoms with Crippen molar-refractivity contribution < 1.29 is 18.3 Å². The molecule has 1 fully saturated rings. The van der Waals surface area contributed by atoms with Crippen molar-refractivity contribution >= 4 is 15.9 Å². The van der Waals surface area contributed by atoms with E-state index in [-0.39, 0.29) is 18.4 Å². The number of aryl methyl sites for hydroxylation is 1. The minimum Gasteiger partial charge on any atom is -0.383 e. The van der Waals surface area contributed by atoms with Gasteiger partial charge in [-0.2, -0.15) is 9.40 Å². The highest BCUT2D eigenvalue weighted by Gasteiger charge is 2.28. The van der Waals surface area contributed by atoms with Crippen LogP contribution < -0.4 is 5.32 Å². The maximum Gasteiger partial charge on any atom is 0.249 e. The molecule has 2 N–H and O–H groups in total. The van der Waals surface area contributed by atoms with E-state index >= 15 is 0 Å². The number of aliphatic hydroxyl groups is 1. The lowest BCUT2D eigenvalue weighted by molar-refractivity contribution is -0.132. The first-order valence-corrected chi connectivity index (χ1v) is 11.2. The summed E-state index contributed by atoms with van der Waals surface area (Å²) in [6.45, 7) is 1.67. The number of aliphatic hydroxyl groups excluding tert-OH is 1. The summed E-state index contributed by atoms with van der Waals surface area (Å²) in [4.78, 5) is 12.2. The smallest absolute Gasteiger partial charge is 0.249 e. The van der Waals surface area contributed by atoms with Crippen molar-refractivity contribution in [3.8, 4) is 0 Å². The average Bonchev–Trinajstić information content (AvgIpc) is 2.88. The Labute approximate surface area is 154 Å². The van der Waals surface area contributed by atoms with Crippen LogP contribution in [0.2, 0.25) is 0 Å². The van der Waals surface area contributed by atoms with E-state index in [0.29, 0.717) is 31.7 Å². The Hall–Kier alpha value is -1.45. The molecule has 146 valence electrons. The van der Waals surface area contributed by atoms with Crippen LogP contribution in [0.4, 0.5) is 0 Å². The van der Waals surface area contributed by atoms with Gasteiger partial charge in [-0.3, -0.25) is 9.48 Å². The molecule has 0 saturated heterocycles. The van der Waals surface area contributed by atoms with E-state index in [9.17, 15) is 18.3 Å². The van der Waals surface area contributed by atoms with Gasteiger partial charge in [-0.05, 0) is 31.2 Å². The topological polar surface area (TPSA) is 105 Å². The SMILES string of the molecule is CS(=O)(=O)N1CCCn2nc(CNC(=O)[C@H](O)C3CCCCC3)cc2C1. The molecule has 1 aliphatic carbocycles. The Morgan fingerprint density at radius 3 is 2.73 bits per heavy atom. The molecule has 1 saturated carbocycles. The number of amides is 1. The van der Waals surface area contributed by atoms with Crippen molar-refractivity contribution in [2.24, 2.45) is 5.92 Å². The number of nitrogens with one attached hydrogen (secondary N) is 1. The minimum absolute atomic E-state index is 0.0470. The van der Waals surface area contributed by atoms with E-state index < -0.39 is 16.1 Å². The first-order chi connectivity index (χ1) is 12.3. The normalized spacial score (nSPS) is 21.0. The third-order valence-corrected chi connectivity index (χ3v) is 6.56. The third kappa shape index (κ3) is 4.63. The zero-order chi connectivity index (χ0) is 18.7. The van der Waals surface area contributed by atoms with Crippen LogP contribution in [0, 0.1) is 5.92 Å². The van der Waals surface area contributed by atoms with Gasteiger partial charge in [0.25, 0.3) is 0 Å². The molecule has 1 atom stereocenters. The van der Waals surface area contributed by atoms with Crippen molar-refractivity contribution in [2.45, 2.75) is 64.3 Å². The first-order valence-electron chi connectivity index (χ1n) is 9.31. The lowest BCUT2D eigenvalue weighted by Gasteiger charge is -2.25. The van der Waals surface area contributed by atoms with Gasteiger partial charge < -0.3 is 10.4 Å². The average molecular weight is 385 g/mol. The quantitative estimate of drug-likeness (QED) is 0.774. The molecular formula is C17H28N4O4S. The molecule has 1 aliphatic heterocycles. The van der Waals surface area contributed by atoms with Crippen LogP contribution in [0.15, 0.2) is 6.07 Å². The number of rotatable bonds is 5. The summed E-state index contributed by atoms with van der Waals surface area (Å²) in [5, 5.41) is 17.5. The highest BCUT2D eigenvalue weighted by Crippen LogP contribution is 2.26. The Balaban J connectivity index is 1.59. The Morgan fingerprint density at radius 1 is 1.31 bits per heavy atom. The second-order valence-electron chi connectivity index (χ2n) is 7.36. The number of aromatic nitrogens is 2. The number of carbonyl (C=O) groups is 1. The summed E-state index contributed by atoms with van der Waals surface area (Å²) >= 11 is 0. The fraction of sp³-hybridized carbons (Fsp3) is 0.765. The van der Waals surface area contributed by atoms with Crippen LogP contribution in [0.5, 0.6) is 0 Å². The fourth-order valence-corrected chi connectivity index (χ4v) is 4.64. The molecule has 1 aromatic rings. The number of sulfonamides is 1. The van der Waals surface area contributed by atoms with Gasteiger partial charge in [0, 0.05) is 13.1 Å². The molecule has 9 heteroatoms. The standard InChI is InChI=1S/C17H28N4O4S/c1-26(24,25)20-8-5-9-21-15(12-20)10-14(19-21)11-18-17(23)16(22)13-6-3-2-4-7-13/h10,13,16,22H,2-9,11-12H2,1H3,(H,18,23)/t16-/m1/s1. The zero-order valence-corrected chi connectivity index (χ0v) is 16.0. The van der Waals surface area contributed by atoms with Crippen LogP contribution in [0.25, 0.3) is 0 Å². The summed E-state index contributed by atoms with van der Waals surface area (Å²) in [6.07, 6.45) is 6.07. The van der Waals surface area contributed by atoms with E-state index in [1.807, 2.05) is 10.7 Å². The Morgan fingerprint density at radius 2 is 2.04 bits per heavy atom. The highest BCUT2D eigenvalue weighted by molar-refractivity contribution is 7.88. The molecule has 8 nitrogen and oxygen atoms in total. The molecule has 1 aromatic heterocycles. The zero-order valence-electron chi connectivity index (χ0n) is 15.2. The maximum absolute atomic E-state index is 12.2. The largest absolute Gasteiger partial charge is 0.383 e. The molecule has 26 heavy (non-hydrogen) atoms. The van der Waals surface area contributed by atoms with Gasteiger partial charge in [0.05, 0.1) is 30.7 Å². The van der Waals surface area contributed by atoms with Crippen LogP contribution in [0.1, 0.15) is 49.9 Å². The van der Waals surface area contributed by atoms with Crippen molar-refractivity contribution in [3.63, 3.8) is 0 Å². The van der Waals surface area contributed by atoms with E-state index in [1.54, 1.807) is 0 Å². The van der Waals surface area contributed by atoms with Crippen LogP contribution in [-0.4, -0.2) is 52.4 Å². The lowest BCUT2D eigenvalue weighted by Crippen LogP contribution is -2.39. The molecule has 3 rings (SSSR count). The van der Waals surface area contributed by atoms with Crippen molar-refractivity contribution in [1.82, 2.24) is 19.4 Å². The number of carbonyl (C=O) groups excluding carboxylic acids is 1. The molecule has 0 bridgehead atoms. The van der Waals surface area contributed by atoms with Gasteiger partial charge in [0.2, 0.25) is 15.9 Å². The van der Waals surface area contributed by atoms with E-state index in [2.05, 4.69) is 10.4 Å². The van der Waals surface area contributed by atoms with Gasteiger partial charge in [0.15, 0.2) is 0 Å². The summed E-state index contributed by atoms with van der Waals surface area (Å²) < 4.78 is 26.9. The summed E-state index contributed by atoms with van der Waals surface area (Å²) in [5.74, 6) is -0.302. The van der Waals surface area contributed by atoms with Crippen molar-refractivity contribution in [1.29, 1.82) is 0 Å². The second-order valence-corrected chi connectivity index (χ2v) is 9.34. The fourth-order valence-electron chi connectivity index (χ4n) is 3.81. The minimum atomic E-state index is -3.24. The van der Waals surface area contributed by atoms with Crippen LogP contribution >= 0.6 is 0 Å². The predicted molar refractivity (Wildman–Crippen MR) is 96.5 cm³/mol. The van der Waals surface area contributed by atoms with Crippen LogP contribution in [0.3, 0.4) is 0 Å². The number of hydrogen-bond acceptors (Lipinski definition) is 5. The second kappa shape index (κ2) is 8.06. The Kier molecular flexibility index (Phi) is 5.99. The summed E-state index contributed by atoms with van der Waals surface area (Å²) in [7, 11) is -3.24. The van der Waals surface area contributed by atoms with E-state index in [0.717, 1.165) is 31.4 Å². The van der Waals surface area contributed by atoms with E-state index in [1.165, 1.54) is 17.0 Å². The predicted octanol–water partition coefficient (Wildman–Crippen LogP) is 0.606. The number of hydrogen-bond donors (Lipinski definition) is 2. The molecule has 0 spiro atoms. The summed E-state index contributed by atoms with van der Waals surface area (Å²) in [6, 6.07) is 1.83. The highest BCUT2D eigenvalue weighted by atomic mass is 32.2. The van der Waals surface area contributed by atoms with Gasteiger partial charge >= 0.3 is 0 Å². The first kappa shape index (κ1) is 19.3. The van der Waals surface area contributed by atoms with Crippen molar-refractivity contribution in [2.75, 3.05) is 12.8 Å². The monoisotopic (exact) mass is 384 g/mol. The molecule has 0 unspecified atom stereocenters. The van der Waals surface area contributed by atoms with Crippen molar-refractivity contribution in [3.05, 3.63) is 17.5 Å². The molecule has 0 aromatic carbocycles. The third-order valence-electron chi connectivity index (χ3n) is 5.31. The van der Waals surface area contributed by atoms with Crippen LogP contribution in [-0.2, 0) is 34.5 Å².